The van der Waals surface area contributed by atoms with Crippen LogP contribution in [0.1, 0.15) is 26.3 Å². The van der Waals surface area contributed by atoms with Crippen LogP contribution in [0, 0.1) is 6.92 Å². The second kappa shape index (κ2) is 8.54. The number of anilines is 3. The molecule has 7 heteroatoms. The van der Waals surface area contributed by atoms with Gasteiger partial charge in [0.05, 0.1) is 18.2 Å². The standard InChI is InChI=1S/C21H18ClN3O3/c1-13-17(22)4-3-5-18(13)25-20(26)15-8-11-19(23-12-15)24-16-9-6-14(7-10-16)21(27)28-2/h3-12H,1-2H3,(H,23,24)(H,25,26). The van der Waals surface area contributed by atoms with E-state index in [1.807, 2.05) is 6.92 Å². The summed E-state index contributed by atoms with van der Waals surface area (Å²) in [6, 6.07) is 15.5. The molecule has 1 heterocycles. The Kier molecular flexibility index (Phi) is 5.91. The molecule has 1 aromatic heterocycles. The molecule has 0 atom stereocenters. The number of carbonyl (C=O) groups is 2. The van der Waals surface area contributed by atoms with Gasteiger partial charge in [0.25, 0.3) is 5.91 Å². The Morgan fingerprint density at radius 2 is 1.71 bits per heavy atom. The lowest BCUT2D eigenvalue weighted by atomic mass is 10.2. The van der Waals surface area contributed by atoms with E-state index in [-0.39, 0.29) is 5.91 Å². The highest BCUT2D eigenvalue weighted by molar-refractivity contribution is 6.31. The second-order valence-corrected chi connectivity index (χ2v) is 6.40. The highest BCUT2D eigenvalue weighted by Gasteiger charge is 2.10. The lowest BCUT2D eigenvalue weighted by Gasteiger charge is -2.10. The van der Waals surface area contributed by atoms with Gasteiger partial charge in [-0.3, -0.25) is 4.79 Å². The number of benzene rings is 2. The van der Waals surface area contributed by atoms with Crippen LogP contribution >= 0.6 is 11.6 Å². The number of halogens is 1. The molecule has 0 saturated carbocycles. The molecule has 0 aliphatic heterocycles. The molecule has 3 rings (SSSR count). The van der Waals surface area contributed by atoms with Gasteiger partial charge in [0.2, 0.25) is 0 Å². The summed E-state index contributed by atoms with van der Waals surface area (Å²) in [7, 11) is 1.34. The largest absolute Gasteiger partial charge is 0.465 e. The Balaban J connectivity index is 1.67. The number of amides is 1. The van der Waals surface area contributed by atoms with Crippen molar-refractivity contribution < 1.29 is 14.3 Å². The third-order valence-corrected chi connectivity index (χ3v) is 4.53. The van der Waals surface area contributed by atoms with Crippen molar-refractivity contribution in [3.63, 3.8) is 0 Å². The zero-order valence-corrected chi connectivity index (χ0v) is 16.1. The van der Waals surface area contributed by atoms with Gasteiger partial charge in [-0.05, 0) is 61.0 Å². The maximum atomic E-state index is 12.4. The molecule has 0 unspecified atom stereocenters. The van der Waals surface area contributed by atoms with E-state index >= 15 is 0 Å². The smallest absolute Gasteiger partial charge is 0.337 e. The predicted molar refractivity (Wildman–Crippen MR) is 109 cm³/mol. The zero-order valence-electron chi connectivity index (χ0n) is 15.3. The molecule has 2 N–H and O–H groups in total. The normalized spacial score (nSPS) is 10.2. The van der Waals surface area contributed by atoms with Gasteiger partial charge in [-0.1, -0.05) is 17.7 Å². The summed E-state index contributed by atoms with van der Waals surface area (Å²) in [6.45, 7) is 1.84. The number of hydrogen-bond donors (Lipinski definition) is 2. The van der Waals surface area contributed by atoms with Crippen LogP contribution in [0.25, 0.3) is 0 Å². The minimum Gasteiger partial charge on any atom is -0.465 e. The van der Waals surface area contributed by atoms with Crippen LogP contribution in [0.15, 0.2) is 60.8 Å². The van der Waals surface area contributed by atoms with Gasteiger partial charge in [0.15, 0.2) is 0 Å². The summed E-state index contributed by atoms with van der Waals surface area (Å²) in [5, 5.41) is 6.53. The molecule has 0 radical (unpaired) electrons. The molecule has 0 spiro atoms. The minimum atomic E-state index is -0.394. The molecule has 0 fully saturated rings. The topological polar surface area (TPSA) is 80.3 Å². The monoisotopic (exact) mass is 395 g/mol. The Hall–Kier alpha value is -3.38. The van der Waals surface area contributed by atoms with Crippen LogP contribution in [0.5, 0.6) is 0 Å². The van der Waals surface area contributed by atoms with Gasteiger partial charge < -0.3 is 15.4 Å². The first-order chi connectivity index (χ1) is 13.5. The van der Waals surface area contributed by atoms with E-state index in [4.69, 9.17) is 11.6 Å². The molecule has 1 amide bonds. The fourth-order valence-corrected chi connectivity index (χ4v) is 2.67. The molecule has 3 aromatic rings. The molecular formula is C21H18ClN3O3. The number of esters is 1. The predicted octanol–water partition coefficient (Wildman–Crippen LogP) is 4.83. The van der Waals surface area contributed by atoms with Crippen molar-refractivity contribution in [1.82, 2.24) is 4.98 Å². The molecule has 0 aliphatic rings. The summed E-state index contributed by atoms with van der Waals surface area (Å²) < 4.78 is 4.67. The maximum Gasteiger partial charge on any atom is 0.337 e. The van der Waals surface area contributed by atoms with E-state index in [0.29, 0.717) is 27.7 Å². The van der Waals surface area contributed by atoms with Crippen molar-refractivity contribution in [1.29, 1.82) is 0 Å². The van der Waals surface area contributed by atoms with Crippen molar-refractivity contribution in [3.05, 3.63) is 82.5 Å². The van der Waals surface area contributed by atoms with E-state index in [9.17, 15) is 9.59 Å². The van der Waals surface area contributed by atoms with Crippen LogP contribution in [0.4, 0.5) is 17.2 Å². The van der Waals surface area contributed by atoms with Crippen LogP contribution in [0.3, 0.4) is 0 Å². The Morgan fingerprint density at radius 3 is 2.36 bits per heavy atom. The number of aromatic nitrogens is 1. The Morgan fingerprint density at radius 1 is 1.00 bits per heavy atom. The third kappa shape index (κ3) is 4.47. The first kappa shape index (κ1) is 19.4. The lowest BCUT2D eigenvalue weighted by Crippen LogP contribution is -2.13. The number of nitrogens with zero attached hydrogens (tertiary/aromatic N) is 1. The Labute approximate surface area is 167 Å². The van der Waals surface area contributed by atoms with E-state index in [0.717, 1.165) is 11.3 Å². The number of pyridine rings is 1. The quantitative estimate of drug-likeness (QED) is 0.605. The van der Waals surface area contributed by atoms with Gasteiger partial charge in [-0.2, -0.15) is 0 Å². The summed E-state index contributed by atoms with van der Waals surface area (Å²) in [5.41, 5.74) is 3.10. The summed E-state index contributed by atoms with van der Waals surface area (Å²) in [5.74, 6) is -0.0943. The molecular weight excluding hydrogens is 378 g/mol. The number of nitrogens with one attached hydrogen (secondary N) is 2. The maximum absolute atomic E-state index is 12.4. The molecule has 142 valence electrons. The van der Waals surface area contributed by atoms with Gasteiger partial charge in [0.1, 0.15) is 5.82 Å². The average Bonchev–Trinajstić information content (AvgIpc) is 2.72. The molecule has 2 aromatic carbocycles. The zero-order chi connectivity index (χ0) is 20.1. The second-order valence-electron chi connectivity index (χ2n) is 5.99. The molecule has 28 heavy (non-hydrogen) atoms. The van der Waals surface area contributed by atoms with Gasteiger partial charge in [0, 0.05) is 22.6 Å². The van der Waals surface area contributed by atoms with Gasteiger partial charge in [-0.15, -0.1) is 0 Å². The summed E-state index contributed by atoms with van der Waals surface area (Å²) >= 11 is 6.08. The van der Waals surface area contributed by atoms with Crippen molar-refractivity contribution in [3.8, 4) is 0 Å². The van der Waals surface area contributed by atoms with Crippen LogP contribution in [0.2, 0.25) is 5.02 Å². The number of ether oxygens (including phenoxy) is 1. The molecule has 6 nitrogen and oxygen atoms in total. The first-order valence-electron chi connectivity index (χ1n) is 8.46. The summed E-state index contributed by atoms with van der Waals surface area (Å²) in [6.07, 6.45) is 1.49. The number of methoxy groups -OCH3 is 1. The molecule has 0 bridgehead atoms. The van der Waals surface area contributed by atoms with Gasteiger partial charge >= 0.3 is 5.97 Å². The van der Waals surface area contributed by atoms with Crippen molar-refractivity contribution in [2.24, 2.45) is 0 Å². The van der Waals surface area contributed by atoms with Crippen molar-refractivity contribution in [2.45, 2.75) is 6.92 Å². The fourth-order valence-electron chi connectivity index (χ4n) is 2.49. The number of hydrogen-bond acceptors (Lipinski definition) is 5. The first-order valence-corrected chi connectivity index (χ1v) is 8.83. The van der Waals surface area contributed by atoms with E-state index < -0.39 is 5.97 Å². The van der Waals surface area contributed by atoms with Gasteiger partial charge in [-0.25, -0.2) is 9.78 Å². The summed E-state index contributed by atoms with van der Waals surface area (Å²) in [4.78, 5) is 28.1. The van der Waals surface area contributed by atoms with Crippen molar-refractivity contribution >= 4 is 40.7 Å². The third-order valence-electron chi connectivity index (χ3n) is 4.12. The fraction of sp³-hybridized carbons (Fsp3) is 0.0952. The van der Waals surface area contributed by atoms with E-state index in [1.54, 1.807) is 54.6 Å². The minimum absolute atomic E-state index is 0.271. The average molecular weight is 396 g/mol. The SMILES string of the molecule is COC(=O)c1ccc(Nc2ccc(C(=O)Nc3cccc(Cl)c3C)cn2)cc1. The molecule has 0 saturated heterocycles. The highest BCUT2D eigenvalue weighted by atomic mass is 35.5. The van der Waals surface area contributed by atoms with Crippen LogP contribution in [-0.2, 0) is 4.74 Å². The van der Waals surface area contributed by atoms with Crippen molar-refractivity contribution in [2.75, 3.05) is 17.7 Å². The number of carbonyl (C=O) groups excluding carboxylic acids is 2. The molecule has 0 aliphatic carbocycles. The number of rotatable bonds is 5. The van der Waals surface area contributed by atoms with E-state index in [1.165, 1.54) is 13.3 Å². The lowest BCUT2D eigenvalue weighted by molar-refractivity contribution is 0.0600. The van der Waals surface area contributed by atoms with E-state index in [2.05, 4.69) is 20.4 Å². The highest BCUT2D eigenvalue weighted by Crippen LogP contribution is 2.23. The Bertz CT molecular complexity index is 1000. The van der Waals surface area contributed by atoms with Crippen LogP contribution in [-0.4, -0.2) is 24.0 Å². The van der Waals surface area contributed by atoms with Crippen LogP contribution < -0.4 is 10.6 Å².